The van der Waals surface area contributed by atoms with Gasteiger partial charge < -0.3 is 4.90 Å². The summed E-state index contributed by atoms with van der Waals surface area (Å²) in [5.74, 6) is 0. The maximum absolute atomic E-state index is 2.60. The van der Waals surface area contributed by atoms with Gasteiger partial charge in [-0.1, -0.05) is 185 Å². The Bertz CT molecular complexity index is 3280. The summed E-state index contributed by atoms with van der Waals surface area (Å²) >= 11 is 0. The van der Waals surface area contributed by atoms with Gasteiger partial charge in [-0.3, -0.25) is 0 Å². The first kappa shape index (κ1) is 34.0. The van der Waals surface area contributed by atoms with Crippen molar-refractivity contribution in [3.8, 4) is 44.5 Å². The number of fused-ring (bicyclic) bond motifs is 18. The molecule has 0 saturated heterocycles. The largest absolute Gasteiger partial charge is 0.310 e. The van der Waals surface area contributed by atoms with Crippen molar-refractivity contribution in [1.29, 1.82) is 0 Å². The van der Waals surface area contributed by atoms with E-state index in [-0.39, 0.29) is 10.8 Å². The third-order valence-electron chi connectivity index (χ3n) is 14.8. The molecule has 0 amide bonds. The second-order valence-electron chi connectivity index (χ2n) is 18.4. The molecule has 1 heteroatoms. The van der Waals surface area contributed by atoms with Gasteiger partial charge in [0.2, 0.25) is 0 Å². The van der Waals surface area contributed by atoms with Crippen LogP contribution < -0.4 is 4.90 Å². The number of hydrogen-bond acceptors (Lipinski definition) is 1. The molecule has 9 aromatic carbocycles. The Morgan fingerprint density at radius 2 is 0.750 bits per heavy atom. The van der Waals surface area contributed by atoms with E-state index in [0.29, 0.717) is 0 Å². The Morgan fingerprint density at radius 3 is 1.33 bits per heavy atom. The Labute approximate surface area is 352 Å². The lowest BCUT2D eigenvalue weighted by atomic mass is 9.70. The molecule has 9 aromatic rings. The second-order valence-corrected chi connectivity index (χ2v) is 18.4. The molecule has 0 atom stereocenters. The van der Waals surface area contributed by atoms with Crippen LogP contribution in [0.1, 0.15) is 72.2 Å². The van der Waals surface area contributed by atoms with Gasteiger partial charge in [-0.05, 0) is 125 Å². The van der Waals surface area contributed by atoms with Crippen LogP contribution in [0.15, 0.2) is 188 Å². The van der Waals surface area contributed by atoms with E-state index in [4.69, 9.17) is 0 Å². The van der Waals surface area contributed by atoms with Crippen LogP contribution in [0.25, 0.3) is 55.3 Å². The molecule has 13 rings (SSSR count). The second kappa shape index (κ2) is 11.6. The zero-order valence-corrected chi connectivity index (χ0v) is 34.3. The van der Waals surface area contributed by atoms with Crippen molar-refractivity contribution in [2.24, 2.45) is 0 Å². The van der Waals surface area contributed by atoms with Crippen LogP contribution in [0, 0.1) is 0 Å². The molecule has 4 aliphatic rings. The molecule has 0 saturated carbocycles. The van der Waals surface area contributed by atoms with Gasteiger partial charge in [0.1, 0.15) is 0 Å². The molecule has 1 nitrogen and oxygen atoms in total. The van der Waals surface area contributed by atoms with Gasteiger partial charge >= 0.3 is 0 Å². The van der Waals surface area contributed by atoms with Crippen molar-refractivity contribution >= 4 is 27.8 Å². The molecular formula is C59H43N. The maximum Gasteiger partial charge on any atom is 0.0726 e. The first-order valence-electron chi connectivity index (χ1n) is 21.4. The number of anilines is 3. The normalized spacial score (nSPS) is 15.7. The highest BCUT2D eigenvalue weighted by molar-refractivity contribution is 6.06. The quantitative estimate of drug-likeness (QED) is 0.173. The Morgan fingerprint density at radius 1 is 0.333 bits per heavy atom. The Balaban J connectivity index is 1.14. The van der Waals surface area contributed by atoms with Gasteiger partial charge in [0.25, 0.3) is 0 Å². The highest BCUT2D eigenvalue weighted by Crippen LogP contribution is 2.64. The highest BCUT2D eigenvalue weighted by atomic mass is 15.1. The van der Waals surface area contributed by atoms with E-state index in [1.54, 1.807) is 0 Å². The summed E-state index contributed by atoms with van der Waals surface area (Å²) in [5.41, 5.74) is 24.3. The summed E-state index contributed by atoms with van der Waals surface area (Å²) in [6, 6.07) is 71.6. The van der Waals surface area contributed by atoms with Crippen molar-refractivity contribution in [3.05, 3.63) is 233 Å². The van der Waals surface area contributed by atoms with Gasteiger partial charge in [-0.15, -0.1) is 0 Å². The van der Waals surface area contributed by atoms with Crippen molar-refractivity contribution in [3.63, 3.8) is 0 Å². The first-order chi connectivity index (χ1) is 29.3. The first-order valence-corrected chi connectivity index (χ1v) is 21.4. The molecule has 1 spiro atoms. The van der Waals surface area contributed by atoms with Crippen LogP contribution in [-0.4, -0.2) is 0 Å². The number of hydrogen-bond donors (Lipinski definition) is 0. The molecule has 0 radical (unpaired) electrons. The molecule has 0 N–H and O–H groups in total. The number of benzene rings is 9. The van der Waals surface area contributed by atoms with Gasteiger partial charge in [-0.25, -0.2) is 0 Å². The average molecular weight is 766 g/mol. The Hall–Kier alpha value is -6.96. The van der Waals surface area contributed by atoms with Gasteiger partial charge in [0, 0.05) is 27.8 Å². The molecule has 60 heavy (non-hydrogen) atoms. The summed E-state index contributed by atoms with van der Waals surface area (Å²) in [5, 5.41) is 2.58. The molecule has 284 valence electrons. The maximum atomic E-state index is 2.60. The SMILES string of the molecule is CC1(C)c2ccccc2-c2ccc(N(c3ccc4c(c3)C3(c5ccccc5-c5ccccc53)c3ccccc3-4)c3cc4ccccc4c4c3-c3ccccc3C4(C)C)cc21. The number of nitrogens with zero attached hydrogens (tertiary/aromatic N) is 1. The van der Waals surface area contributed by atoms with Gasteiger partial charge in [-0.2, -0.15) is 0 Å². The monoisotopic (exact) mass is 765 g/mol. The minimum absolute atomic E-state index is 0.144. The third-order valence-corrected chi connectivity index (χ3v) is 14.8. The molecule has 0 fully saturated rings. The van der Waals surface area contributed by atoms with Gasteiger partial charge in [0.05, 0.1) is 11.1 Å². The van der Waals surface area contributed by atoms with E-state index in [9.17, 15) is 0 Å². The fourth-order valence-corrected chi connectivity index (χ4v) is 12.3. The summed E-state index contributed by atoms with van der Waals surface area (Å²) in [7, 11) is 0. The molecule has 0 aromatic heterocycles. The van der Waals surface area contributed by atoms with E-state index in [1.165, 1.54) is 111 Å². The van der Waals surface area contributed by atoms with Crippen molar-refractivity contribution < 1.29 is 0 Å². The van der Waals surface area contributed by atoms with Crippen molar-refractivity contribution in [1.82, 2.24) is 0 Å². The van der Waals surface area contributed by atoms with Crippen molar-refractivity contribution in [2.45, 2.75) is 43.9 Å². The lowest BCUT2D eigenvalue weighted by Crippen LogP contribution is -2.26. The fourth-order valence-electron chi connectivity index (χ4n) is 12.3. The summed E-state index contributed by atoms with van der Waals surface area (Å²) in [6.07, 6.45) is 0. The smallest absolute Gasteiger partial charge is 0.0726 e. The lowest BCUT2D eigenvalue weighted by molar-refractivity contribution is 0.660. The van der Waals surface area contributed by atoms with E-state index < -0.39 is 5.41 Å². The zero-order chi connectivity index (χ0) is 40.1. The van der Waals surface area contributed by atoms with Crippen LogP contribution in [0.5, 0.6) is 0 Å². The van der Waals surface area contributed by atoms with Crippen molar-refractivity contribution in [2.75, 3.05) is 4.90 Å². The summed E-state index contributed by atoms with van der Waals surface area (Å²) < 4.78 is 0. The molecule has 0 unspecified atom stereocenters. The van der Waals surface area contributed by atoms with E-state index in [2.05, 4.69) is 221 Å². The zero-order valence-electron chi connectivity index (χ0n) is 34.3. The van der Waals surface area contributed by atoms with Crippen LogP contribution in [0.4, 0.5) is 17.1 Å². The minimum Gasteiger partial charge on any atom is -0.310 e. The molecular weight excluding hydrogens is 723 g/mol. The van der Waals surface area contributed by atoms with Crippen LogP contribution >= 0.6 is 0 Å². The van der Waals surface area contributed by atoms with E-state index in [0.717, 1.165) is 5.69 Å². The third kappa shape index (κ3) is 4.08. The van der Waals surface area contributed by atoms with Crippen LogP contribution in [-0.2, 0) is 16.2 Å². The average Bonchev–Trinajstić information content (AvgIpc) is 3.92. The summed E-state index contributed by atoms with van der Waals surface area (Å²) in [6.45, 7) is 9.62. The molecule has 0 aliphatic heterocycles. The standard InChI is InChI=1S/C59H43N/c1-57(2)47-24-12-7-19-40(47)44-31-29-37(34-52(44)57)60(54-33-36-17-5-6-18-39(36)56-55(54)46-23-11-13-25-48(46)58(56,3)4)38-30-32-45-43-22-10-16-28-51(43)59(53(45)35-38)49-26-14-8-20-41(49)42-21-9-15-27-50(42)59/h5-35H,1-4H3. The Kier molecular flexibility index (Phi) is 6.57. The predicted molar refractivity (Wildman–Crippen MR) is 250 cm³/mol. The molecule has 0 bridgehead atoms. The topological polar surface area (TPSA) is 3.24 Å². The lowest BCUT2D eigenvalue weighted by Gasteiger charge is -2.33. The van der Waals surface area contributed by atoms with E-state index in [1.807, 2.05) is 0 Å². The van der Waals surface area contributed by atoms with E-state index >= 15 is 0 Å². The fraction of sp³-hybridized carbons (Fsp3) is 0.119. The minimum atomic E-state index is -0.442. The van der Waals surface area contributed by atoms with Crippen LogP contribution in [0.3, 0.4) is 0 Å². The van der Waals surface area contributed by atoms with Gasteiger partial charge in [0.15, 0.2) is 0 Å². The number of rotatable bonds is 3. The molecule has 4 aliphatic carbocycles. The molecule has 0 heterocycles. The highest BCUT2D eigenvalue weighted by Gasteiger charge is 2.52. The summed E-state index contributed by atoms with van der Waals surface area (Å²) in [4.78, 5) is 2.60. The predicted octanol–water partition coefficient (Wildman–Crippen LogP) is 15.3. The van der Waals surface area contributed by atoms with Crippen LogP contribution in [0.2, 0.25) is 0 Å².